The van der Waals surface area contributed by atoms with Gasteiger partial charge in [0.15, 0.2) is 0 Å². The molecule has 0 aliphatic heterocycles. The molecule has 1 aromatic heterocycles. The summed E-state index contributed by atoms with van der Waals surface area (Å²) in [4.78, 5) is 1.17. The second kappa shape index (κ2) is 5.22. The van der Waals surface area contributed by atoms with E-state index in [1.165, 1.54) is 11.3 Å². The zero-order valence-corrected chi connectivity index (χ0v) is 11.5. The molecule has 0 aliphatic rings. The molecule has 0 radical (unpaired) electrons. The molecule has 1 heterocycles. The average Bonchev–Trinajstić information content (AvgIpc) is 2.65. The minimum absolute atomic E-state index is 0.135. The van der Waals surface area contributed by atoms with Crippen LogP contribution in [0.25, 0.3) is 0 Å². The fourth-order valence-electron chi connectivity index (χ4n) is 1.04. The minimum Gasteiger partial charge on any atom is -0.392 e. The van der Waals surface area contributed by atoms with E-state index in [2.05, 4.69) is 4.72 Å². The van der Waals surface area contributed by atoms with Crippen LogP contribution in [-0.4, -0.2) is 19.4 Å². The van der Waals surface area contributed by atoms with Crippen LogP contribution in [0.2, 0.25) is 0 Å². The number of nitrogens with one attached hydrogen (secondary N) is 1. The summed E-state index contributed by atoms with van der Waals surface area (Å²) in [7, 11) is -3.49. The van der Waals surface area contributed by atoms with Crippen LogP contribution in [0.3, 0.4) is 0 Å². The predicted molar refractivity (Wildman–Crippen MR) is 70.3 cm³/mol. The van der Waals surface area contributed by atoms with E-state index in [9.17, 15) is 8.42 Å². The first-order valence-corrected chi connectivity index (χ1v) is 7.48. The molecule has 0 spiro atoms. The fraction of sp³-hybridized carbons (Fsp3) is 0.444. The van der Waals surface area contributed by atoms with E-state index in [4.69, 9.17) is 18.0 Å². The van der Waals surface area contributed by atoms with Crippen LogP contribution in [0.15, 0.2) is 16.3 Å². The van der Waals surface area contributed by atoms with Gasteiger partial charge in [-0.25, -0.2) is 13.1 Å². The lowest BCUT2D eigenvalue weighted by molar-refractivity contribution is 0.581. The van der Waals surface area contributed by atoms with Crippen molar-refractivity contribution < 1.29 is 8.42 Å². The Balaban J connectivity index is 2.90. The van der Waals surface area contributed by atoms with Gasteiger partial charge in [-0.2, -0.15) is 0 Å². The Bertz CT molecular complexity index is 479. The van der Waals surface area contributed by atoms with Crippen LogP contribution in [0.5, 0.6) is 0 Å². The van der Waals surface area contributed by atoms with Crippen molar-refractivity contribution in [2.75, 3.05) is 0 Å². The van der Waals surface area contributed by atoms with Gasteiger partial charge >= 0.3 is 0 Å². The highest BCUT2D eigenvalue weighted by molar-refractivity contribution is 7.91. The van der Waals surface area contributed by atoms with Crippen molar-refractivity contribution >= 4 is 38.6 Å². The van der Waals surface area contributed by atoms with E-state index < -0.39 is 16.1 Å². The van der Waals surface area contributed by atoms with Crippen LogP contribution in [0.4, 0.5) is 0 Å². The molecule has 0 saturated carbocycles. The van der Waals surface area contributed by atoms with E-state index in [0.29, 0.717) is 4.21 Å². The van der Waals surface area contributed by atoms with Crippen molar-refractivity contribution in [1.29, 1.82) is 0 Å². The molecule has 7 heteroatoms. The number of nitrogens with two attached hydrogens (primary N) is 1. The molecule has 0 aromatic carbocycles. The number of thiophene rings is 1. The van der Waals surface area contributed by atoms with Crippen LogP contribution in [0.1, 0.15) is 18.7 Å². The van der Waals surface area contributed by atoms with E-state index in [0.717, 1.165) is 11.3 Å². The molecule has 0 saturated heterocycles. The van der Waals surface area contributed by atoms with Gasteiger partial charge in [-0.15, -0.1) is 11.3 Å². The van der Waals surface area contributed by atoms with Gasteiger partial charge in [-0.3, -0.25) is 0 Å². The smallest absolute Gasteiger partial charge is 0.250 e. The molecule has 1 atom stereocenters. The van der Waals surface area contributed by atoms with Gasteiger partial charge in [0, 0.05) is 4.88 Å². The topological polar surface area (TPSA) is 72.2 Å². The molecule has 0 amide bonds. The molecule has 0 aliphatic carbocycles. The van der Waals surface area contributed by atoms with Crippen LogP contribution >= 0.6 is 23.6 Å². The first-order valence-electron chi connectivity index (χ1n) is 4.77. The number of hydrogen-bond acceptors (Lipinski definition) is 4. The largest absolute Gasteiger partial charge is 0.392 e. The quantitative estimate of drug-likeness (QED) is 0.796. The highest BCUT2D eigenvalue weighted by atomic mass is 32.2. The van der Waals surface area contributed by atoms with Crippen LogP contribution < -0.4 is 10.5 Å². The molecule has 0 bridgehead atoms. The van der Waals surface area contributed by atoms with Gasteiger partial charge in [0.1, 0.15) is 4.21 Å². The van der Waals surface area contributed by atoms with Crippen molar-refractivity contribution in [3.8, 4) is 0 Å². The Hall–Kier alpha value is -0.500. The van der Waals surface area contributed by atoms with Gasteiger partial charge in [-0.1, -0.05) is 19.1 Å². The van der Waals surface area contributed by atoms with Gasteiger partial charge in [-0.05, 0) is 25.5 Å². The normalized spacial score (nSPS) is 13.6. The summed E-state index contributed by atoms with van der Waals surface area (Å²) >= 11 is 5.98. The second-order valence-corrected chi connectivity index (χ2v) is 6.90. The summed E-state index contributed by atoms with van der Waals surface area (Å²) in [6, 6.07) is 2.87. The van der Waals surface area contributed by atoms with Gasteiger partial charge < -0.3 is 5.73 Å². The van der Waals surface area contributed by atoms with Crippen molar-refractivity contribution in [3.05, 3.63) is 17.0 Å². The third kappa shape index (κ3) is 3.24. The Morgan fingerprint density at radius 1 is 1.62 bits per heavy atom. The first-order chi connectivity index (χ1) is 7.36. The molecule has 3 N–H and O–H groups in total. The zero-order valence-electron chi connectivity index (χ0n) is 9.06. The average molecular weight is 278 g/mol. The molecule has 0 fully saturated rings. The lowest BCUT2D eigenvalue weighted by Crippen LogP contribution is -2.40. The number of sulfonamides is 1. The van der Waals surface area contributed by atoms with Gasteiger partial charge in [0.25, 0.3) is 10.0 Å². The third-order valence-electron chi connectivity index (χ3n) is 2.01. The van der Waals surface area contributed by atoms with E-state index >= 15 is 0 Å². The molecule has 90 valence electrons. The maximum atomic E-state index is 11.9. The van der Waals surface area contributed by atoms with E-state index in [1.54, 1.807) is 13.0 Å². The van der Waals surface area contributed by atoms with Gasteiger partial charge in [0.05, 0.1) is 11.0 Å². The van der Waals surface area contributed by atoms with E-state index in [1.807, 2.05) is 13.0 Å². The molecular formula is C9H14N2O2S3. The minimum atomic E-state index is -3.49. The third-order valence-corrected chi connectivity index (χ3v) is 5.62. The highest BCUT2D eigenvalue weighted by Gasteiger charge is 2.20. The maximum absolute atomic E-state index is 11.9. The summed E-state index contributed by atoms with van der Waals surface area (Å²) in [5, 5.41) is 0. The summed E-state index contributed by atoms with van der Waals surface area (Å²) in [5.74, 6) is 0. The number of aryl methyl sites for hydroxylation is 1. The molecule has 1 rings (SSSR count). The first kappa shape index (κ1) is 13.6. The van der Waals surface area contributed by atoms with Crippen molar-refractivity contribution in [2.45, 2.75) is 30.5 Å². The van der Waals surface area contributed by atoms with Crippen LogP contribution in [-0.2, 0) is 16.4 Å². The Kier molecular flexibility index (Phi) is 4.43. The summed E-state index contributed by atoms with van der Waals surface area (Å²) in [6.45, 7) is 3.60. The Labute approximate surface area is 105 Å². The fourth-order valence-corrected chi connectivity index (χ4v) is 3.71. The van der Waals surface area contributed by atoms with Crippen LogP contribution in [0, 0.1) is 0 Å². The lowest BCUT2D eigenvalue weighted by atomic mass is 10.4. The SMILES string of the molecule is CCc1ccc(S(=O)(=O)NC(C)C(N)=S)s1. The van der Waals surface area contributed by atoms with Gasteiger partial charge in [0.2, 0.25) is 0 Å². The number of thiocarbonyl (C=S) groups is 1. The summed E-state index contributed by atoms with van der Waals surface area (Å²) in [5.41, 5.74) is 5.36. The standard InChI is InChI=1S/C9H14N2O2S3/c1-3-7-4-5-8(15-7)16(12,13)11-6(2)9(10)14/h4-6,11H,3H2,1-2H3,(H2,10,14). The molecule has 4 nitrogen and oxygen atoms in total. The molecule has 16 heavy (non-hydrogen) atoms. The molecule has 1 aromatic rings. The Morgan fingerprint density at radius 3 is 2.69 bits per heavy atom. The van der Waals surface area contributed by atoms with Crippen molar-refractivity contribution in [2.24, 2.45) is 5.73 Å². The predicted octanol–water partition coefficient (Wildman–Crippen LogP) is 1.26. The lowest BCUT2D eigenvalue weighted by Gasteiger charge is -2.11. The number of hydrogen-bond donors (Lipinski definition) is 2. The van der Waals surface area contributed by atoms with E-state index in [-0.39, 0.29) is 4.99 Å². The second-order valence-electron chi connectivity index (χ2n) is 3.32. The zero-order chi connectivity index (χ0) is 12.3. The molecular weight excluding hydrogens is 264 g/mol. The summed E-state index contributed by atoms with van der Waals surface area (Å²) in [6.07, 6.45) is 0.824. The van der Waals surface area contributed by atoms with Crippen molar-refractivity contribution in [1.82, 2.24) is 4.72 Å². The number of rotatable bonds is 5. The monoisotopic (exact) mass is 278 g/mol. The Morgan fingerprint density at radius 2 is 2.25 bits per heavy atom. The molecule has 1 unspecified atom stereocenters. The summed E-state index contributed by atoms with van der Waals surface area (Å²) < 4.78 is 26.4. The maximum Gasteiger partial charge on any atom is 0.250 e. The highest BCUT2D eigenvalue weighted by Crippen LogP contribution is 2.21. The van der Waals surface area contributed by atoms with Crippen molar-refractivity contribution in [3.63, 3.8) is 0 Å².